The Labute approximate surface area is 257 Å². The number of rotatable bonds is 6. The number of aliphatic hydroxyl groups excluding tert-OH is 1. The number of urea groups is 1. The molecule has 3 N–H and O–H groups in total. The molecule has 3 aromatic carbocycles. The number of ether oxygens (including phenoxy) is 1. The molecule has 1 unspecified atom stereocenters. The number of nitrogens with one attached hydrogen (secondary N) is 2. The highest BCUT2D eigenvalue weighted by atomic mass is 16.6. The third-order valence-electron chi connectivity index (χ3n) is 7.84. The smallest absolute Gasteiger partial charge is 0.324 e. The fraction of sp³-hybridized carbons (Fsp3) is 0.286. The van der Waals surface area contributed by atoms with Gasteiger partial charge in [-0.2, -0.15) is 5.10 Å². The molecule has 1 aliphatic heterocycles. The van der Waals surface area contributed by atoms with E-state index in [1.807, 2.05) is 55.5 Å². The van der Waals surface area contributed by atoms with Crippen LogP contribution >= 0.6 is 0 Å². The SMILES string of the molecule is Cc1ccc(-n2nc(C(C)(C)C)cc2NC(=O)Nc2ccc(-c3ccc(CN4CCOC(O)C4)cc3)c3ccccc23)cn1. The molecule has 226 valence electrons. The van der Waals surface area contributed by atoms with Crippen molar-refractivity contribution in [2.45, 2.75) is 45.9 Å². The van der Waals surface area contributed by atoms with Crippen LogP contribution in [0.5, 0.6) is 0 Å². The molecule has 1 fully saturated rings. The molecule has 0 saturated carbocycles. The number of benzene rings is 3. The number of hydrogen-bond acceptors (Lipinski definition) is 6. The number of fused-ring (bicyclic) bond motifs is 1. The summed E-state index contributed by atoms with van der Waals surface area (Å²) in [5.41, 5.74) is 6.39. The van der Waals surface area contributed by atoms with Crippen molar-refractivity contribution in [1.29, 1.82) is 0 Å². The molecule has 5 aromatic rings. The molecule has 3 heterocycles. The molecular formula is C35H38N6O3. The fourth-order valence-corrected chi connectivity index (χ4v) is 5.42. The third kappa shape index (κ3) is 6.50. The summed E-state index contributed by atoms with van der Waals surface area (Å²) < 4.78 is 6.97. The number of anilines is 2. The Bertz CT molecular complexity index is 1770. The minimum atomic E-state index is -0.725. The number of morpholine rings is 1. The average molecular weight is 591 g/mol. The monoisotopic (exact) mass is 590 g/mol. The van der Waals surface area contributed by atoms with E-state index in [1.165, 1.54) is 5.56 Å². The van der Waals surface area contributed by atoms with E-state index >= 15 is 0 Å². The standard InChI is InChI=1S/C35H38N6O3/c1-23-9-14-26(20-36-23)41-32(19-31(39-41)35(2,3)4)38-34(43)37-30-16-15-27(28-7-5-6-8-29(28)30)25-12-10-24(11-13-25)21-40-17-18-44-33(42)22-40/h5-16,19-20,33,42H,17-18,21-22H2,1-4H3,(H2,37,38,43). The lowest BCUT2D eigenvalue weighted by atomic mass is 9.92. The zero-order valence-corrected chi connectivity index (χ0v) is 25.5. The number of pyridine rings is 1. The number of aryl methyl sites for hydroxylation is 1. The Kier molecular flexibility index (Phi) is 8.18. The summed E-state index contributed by atoms with van der Waals surface area (Å²) in [5.74, 6) is 0.561. The highest BCUT2D eigenvalue weighted by Gasteiger charge is 2.22. The van der Waals surface area contributed by atoms with E-state index in [9.17, 15) is 9.90 Å². The predicted molar refractivity (Wildman–Crippen MR) is 174 cm³/mol. The first-order valence-electron chi connectivity index (χ1n) is 14.9. The zero-order chi connectivity index (χ0) is 30.8. The van der Waals surface area contributed by atoms with E-state index in [-0.39, 0.29) is 11.4 Å². The number of carbonyl (C=O) groups excluding carboxylic acids is 1. The molecule has 0 radical (unpaired) electrons. The molecule has 0 bridgehead atoms. The van der Waals surface area contributed by atoms with Gasteiger partial charge in [-0.1, -0.05) is 75.4 Å². The highest BCUT2D eigenvalue weighted by molar-refractivity contribution is 6.09. The maximum Gasteiger partial charge on any atom is 0.324 e. The summed E-state index contributed by atoms with van der Waals surface area (Å²) in [6.07, 6.45) is 1.03. The summed E-state index contributed by atoms with van der Waals surface area (Å²) in [5, 5.41) is 22.7. The largest absolute Gasteiger partial charge is 0.367 e. The Morgan fingerprint density at radius 2 is 1.77 bits per heavy atom. The van der Waals surface area contributed by atoms with Crippen molar-refractivity contribution in [3.8, 4) is 16.8 Å². The summed E-state index contributed by atoms with van der Waals surface area (Å²) in [7, 11) is 0. The summed E-state index contributed by atoms with van der Waals surface area (Å²) in [4.78, 5) is 20.0. The Morgan fingerprint density at radius 1 is 1.00 bits per heavy atom. The molecule has 2 amide bonds. The van der Waals surface area contributed by atoms with E-state index in [2.05, 4.69) is 71.6 Å². The van der Waals surface area contributed by atoms with Gasteiger partial charge in [0.25, 0.3) is 0 Å². The maximum atomic E-state index is 13.4. The minimum Gasteiger partial charge on any atom is -0.367 e. The quantitative estimate of drug-likeness (QED) is 0.209. The molecule has 0 spiro atoms. The molecule has 9 heteroatoms. The van der Waals surface area contributed by atoms with Gasteiger partial charge in [-0.3, -0.25) is 15.2 Å². The van der Waals surface area contributed by atoms with E-state index in [0.717, 1.165) is 52.1 Å². The number of aromatic nitrogens is 3. The fourth-order valence-electron chi connectivity index (χ4n) is 5.42. The first-order chi connectivity index (χ1) is 21.1. The van der Waals surface area contributed by atoms with Crippen molar-refractivity contribution in [3.63, 3.8) is 0 Å². The second-order valence-electron chi connectivity index (χ2n) is 12.3. The average Bonchev–Trinajstić information content (AvgIpc) is 3.42. The molecule has 1 atom stereocenters. The topological polar surface area (TPSA) is 105 Å². The molecule has 1 saturated heterocycles. The number of amides is 2. The van der Waals surface area contributed by atoms with Gasteiger partial charge in [-0.25, -0.2) is 9.48 Å². The molecule has 9 nitrogen and oxygen atoms in total. The lowest BCUT2D eigenvalue weighted by Gasteiger charge is -2.30. The summed E-state index contributed by atoms with van der Waals surface area (Å²) in [6, 6.07) is 26.0. The summed E-state index contributed by atoms with van der Waals surface area (Å²) >= 11 is 0. The molecule has 6 rings (SSSR count). The zero-order valence-electron chi connectivity index (χ0n) is 25.5. The first kappa shape index (κ1) is 29.5. The second-order valence-corrected chi connectivity index (χ2v) is 12.3. The molecule has 0 aliphatic carbocycles. The van der Waals surface area contributed by atoms with E-state index < -0.39 is 6.29 Å². The van der Waals surface area contributed by atoms with Gasteiger partial charge in [0.1, 0.15) is 5.82 Å². The molecule has 1 aliphatic rings. The Balaban J connectivity index is 1.23. The lowest BCUT2D eigenvalue weighted by Crippen LogP contribution is -2.41. The van der Waals surface area contributed by atoms with Crippen LogP contribution in [0.25, 0.3) is 27.6 Å². The van der Waals surface area contributed by atoms with Gasteiger partial charge in [0.05, 0.1) is 29.9 Å². The van der Waals surface area contributed by atoms with Crippen LogP contribution in [0.15, 0.2) is 85.1 Å². The van der Waals surface area contributed by atoms with Crippen LogP contribution in [0, 0.1) is 6.92 Å². The lowest BCUT2D eigenvalue weighted by molar-refractivity contribution is -0.147. The maximum absolute atomic E-state index is 13.4. The molecule has 2 aromatic heterocycles. The Morgan fingerprint density at radius 3 is 2.48 bits per heavy atom. The summed E-state index contributed by atoms with van der Waals surface area (Å²) in [6.45, 7) is 10.8. The number of aliphatic hydroxyl groups is 1. The van der Waals surface area contributed by atoms with Crippen molar-refractivity contribution in [2.75, 3.05) is 30.3 Å². The molecular weight excluding hydrogens is 552 g/mol. The van der Waals surface area contributed by atoms with Crippen LogP contribution in [-0.4, -0.2) is 56.8 Å². The van der Waals surface area contributed by atoms with Crippen molar-refractivity contribution < 1.29 is 14.6 Å². The number of carbonyl (C=O) groups is 1. The van der Waals surface area contributed by atoms with Crippen LogP contribution < -0.4 is 10.6 Å². The first-order valence-corrected chi connectivity index (χ1v) is 14.9. The van der Waals surface area contributed by atoms with E-state index in [1.54, 1.807) is 10.9 Å². The van der Waals surface area contributed by atoms with Gasteiger partial charge in [0.2, 0.25) is 0 Å². The number of nitrogens with zero attached hydrogens (tertiary/aromatic N) is 4. The van der Waals surface area contributed by atoms with Gasteiger partial charge in [0, 0.05) is 42.2 Å². The van der Waals surface area contributed by atoms with Crippen LogP contribution in [0.4, 0.5) is 16.3 Å². The second kappa shape index (κ2) is 12.2. The highest BCUT2D eigenvalue weighted by Crippen LogP contribution is 2.34. The van der Waals surface area contributed by atoms with Gasteiger partial charge >= 0.3 is 6.03 Å². The third-order valence-corrected chi connectivity index (χ3v) is 7.84. The normalized spacial score (nSPS) is 15.8. The van der Waals surface area contributed by atoms with E-state index in [0.29, 0.717) is 24.7 Å². The predicted octanol–water partition coefficient (Wildman–Crippen LogP) is 6.49. The van der Waals surface area contributed by atoms with Crippen molar-refractivity contribution >= 4 is 28.3 Å². The van der Waals surface area contributed by atoms with Crippen LogP contribution in [-0.2, 0) is 16.7 Å². The minimum absolute atomic E-state index is 0.203. The molecule has 44 heavy (non-hydrogen) atoms. The van der Waals surface area contributed by atoms with Crippen LogP contribution in [0.1, 0.15) is 37.7 Å². The van der Waals surface area contributed by atoms with Crippen molar-refractivity contribution in [2.24, 2.45) is 0 Å². The number of β-amino-alcohol motifs (C(OH)–C–C–N with tert-alkyl or cyclic N) is 1. The van der Waals surface area contributed by atoms with Crippen molar-refractivity contribution in [3.05, 3.63) is 102 Å². The van der Waals surface area contributed by atoms with Crippen molar-refractivity contribution in [1.82, 2.24) is 19.7 Å². The Hall–Kier alpha value is -4.57. The van der Waals surface area contributed by atoms with Gasteiger partial charge in [-0.05, 0) is 47.2 Å². The van der Waals surface area contributed by atoms with Gasteiger partial charge in [-0.15, -0.1) is 0 Å². The van der Waals surface area contributed by atoms with Crippen LogP contribution in [0.2, 0.25) is 0 Å². The van der Waals surface area contributed by atoms with Crippen LogP contribution in [0.3, 0.4) is 0 Å². The van der Waals surface area contributed by atoms with Gasteiger partial charge in [0.15, 0.2) is 6.29 Å². The van der Waals surface area contributed by atoms with E-state index in [4.69, 9.17) is 9.84 Å². The van der Waals surface area contributed by atoms with Gasteiger partial charge < -0.3 is 15.2 Å². The number of hydrogen-bond donors (Lipinski definition) is 3.